The smallest absolute Gasteiger partial charge is 0.0772 e. The molecule has 0 radical (unpaired) electrons. The van der Waals surface area contributed by atoms with Crippen LogP contribution in [0.3, 0.4) is 0 Å². The van der Waals surface area contributed by atoms with Gasteiger partial charge in [0.25, 0.3) is 0 Å². The summed E-state index contributed by atoms with van der Waals surface area (Å²) in [7, 11) is 0. The summed E-state index contributed by atoms with van der Waals surface area (Å²) >= 11 is 0. The zero-order chi connectivity index (χ0) is 9.73. The first-order chi connectivity index (χ1) is 6.17. The van der Waals surface area contributed by atoms with Crippen LogP contribution in [0.15, 0.2) is 0 Å². The fraction of sp³-hybridized carbons (Fsp3) is 1.00. The van der Waals surface area contributed by atoms with Gasteiger partial charge in [0.05, 0.1) is 5.60 Å². The molecule has 1 saturated heterocycles. The third kappa shape index (κ3) is 3.28. The lowest BCUT2D eigenvalue weighted by molar-refractivity contribution is 0.0153. The van der Waals surface area contributed by atoms with Gasteiger partial charge in [-0.2, -0.15) is 0 Å². The van der Waals surface area contributed by atoms with Gasteiger partial charge in [-0.15, -0.1) is 0 Å². The highest BCUT2D eigenvalue weighted by atomic mass is 16.3. The lowest BCUT2D eigenvalue weighted by atomic mass is 9.89. The van der Waals surface area contributed by atoms with E-state index in [0.717, 1.165) is 25.8 Å². The maximum absolute atomic E-state index is 10.2. The molecule has 0 aromatic heterocycles. The van der Waals surface area contributed by atoms with Crippen LogP contribution in [0.5, 0.6) is 0 Å². The number of hydrogen-bond acceptors (Lipinski definition) is 2. The van der Waals surface area contributed by atoms with Gasteiger partial charge in [0, 0.05) is 6.04 Å². The third-order valence-electron chi connectivity index (χ3n) is 3.10. The molecule has 0 aromatic carbocycles. The average Bonchev–Trinajstić information content (AvgIpc) is 2.56. The number of aliphatic hydroxyl groups is 1. The quantitative estimate of drug-likeness (QED) is 0.643. The van der Waals surface area contributed by atoms with E-state index in [9.17, 15) is 5.11 Å². The first kappa shape index (κ1) is 11.0. The van der Waals surface area contributed by atoms with Crippen molar-refractivity contribution in [3.8, 4) is 0 Å². The van der Waals surface area contributed by atoms with Crippen LogP contribution in [0.1, 0.15) is 52.4 Å². The minimum atomic E-state index is -0.480. The summed E-state index contributed by atoms with van der Waals surface area (Å²) in [6.07, 6.45) is 6.92. The second-order valence-corrected chi connectivity index (χ2v) is 4.46. The Morgan fingerprint density at radius 3 is 2.77 bits per heavy atom. The lowest BCUT2D eigenvalue weighted by Crippen LogP contribution is -2.45. The van der Waals surface area contributed by atoms with E-state index in [4.69, 9.17) is 0 Å². The number of nitrogens with one attached hydrogen (secondary N) is 1. The summed E-state index contributed by atoms with van der Waals surface area (Å²) in [5, 5.41) is 13.6. The summed E-state index contributed by atoms with van der Waals surface area (Å²) in [4.78, 5) is 0. The molecular weight excluding hydrogens is 162 g/mol. The van der Waals surface area contributed by atoms with Crippen molar-refractivity contribution in [2.75, 3.05) is 6.54 Å². The molecule has 0 saturated carbocycles. The summed E-state index contributed by atoms with van der Waals surface area (Å²) in [5.41, 5.74) is -0.480. The van der Waals surface area contributed by atoms with E-state index in [2.05, 4.69) is 12.2 Å². The Kier molecular flexibility index (Phi) is 4.20. The van der Waals surface area contributed by atoms with E-state index < -0.39 is 5.60 Å². The molecule has 1 rings (SSSR count). The predicted molar refractivity (Wildman–Crippen MR) is 55.8 cm³/mol. The second-order valence-electron chi connectivity index (χ2n) is 4.46. The molecule has 1 fully saturated rings. The van der Waals surface area contributed by atoms with Crippen LogP contribution < -0.4 is 5.32 Å². The molecule has 2 unspecified atom stereocenters. The van der Waals surface area contributed by atoms with E-state index in [1.54, 1.807) is 0 Å². The molecule has 0 bridgehead atoms. The predicted octanol–water partition coefficient (Wildman–Crippen LogP) is 2.07. The van der Waals surface area contributed by atoms with Gasteiger partial charge in [-0.1, -0.05) is 26.2 Å². The summed E-state index contributed by atoms with van der Waals surface area (Å²) in [6, 6.07) is 0.337. The van der Waals surface area contributed by atoms with Gasteiger partial charge in [0.15, 0.2) is 0 Å². The van der Waals surface area contributed by atoms with Gasteiger partial charge >= 0.3 is 0 Å². The fourth-order valence-corrected chi connectivity index (χ4v) is 2.12. The summed E-state index contributed by atoms with van der Waals surface area (Å²) in [5.74, 6) is 0. The van der Waals surface area contributed by atoms with Crippen molar-refractivity contribution in [2.45, 2.75) is 64.0 Å². The Morgan fingerprint density at radius 2 is 2.23 bits per heavy atom. The first-order valence-corrected chi connectivity index (χ1v) is 5.62. The van der Waals surface area contributed by atoms with E-state index in [0.29, 0.717) is 6.04 Å². The van der Waals surface area contributed by atoms with E-state index >= 15 is 0 Å². The fourth-order valence-electron chi connectivity index (χ4n) is 2.12. The molecule has 1 aliphatic rings. The molecule has 2 heteroatoms. The minimum absolute atomic E-state index is 0.337. The molecule has 13 heavy (non-hydrogen) atoms. The molecule has 2 nitrogen and oxygen atoms in total. The average molecular weight is 185 g/mol. The van der Waals surface area contributed by atoms with Crippen molar-refractivity contribution < 1.29 is 5.11 Å². The van der Waals surface area contributed by atoms with E-state index in [1.807, 2.05) is 6.92 Å². The number of rotatable bonds is 5. The SMILES string of the molecule is CCCCCC(C)(O)C1CCCN1. The van der Waals surface area contributed by atoms with E-state index in [1.165, 1.54) is 19.3 Å². The Balaban J connectivity index is 2.26. The van der Waals surface area contributed by atoms with Crippen LogP contribution in [-0.4, -0.2) is 23.3 Å². The maximum Gasteiger partial charge on any atom is 0.0772 e. The van der Waals surface area contributed by atoms with Gasteiger partial charge in [-0.25, -0.2) is 0 Å². The van der Waals surface area contributed by atoms with Gasteiger partial charge in [-0.3, -0.25) is 0 Å². The van der Waals surface area contributed by atoms with Gasteiger partial charge in [0.2, 0.25) is 0 Å². The van der Waals surface area contributed by atoms with Gasteiger partial charge < -0.3 is 10.4 Å². The summed E-state index contributed by atoms with van der Waals surface area (Å²) < 4.78 is 0. The van der Waals surface area contributed by atoms with Crippen LogP contribution in [0.4, 0.5) is 0 Å². The first-order valence-electron chi connectivity index (χ1n) is 5.62. The largest absolute Gasteiger partial charge is 0.389 e. The third-order valence-corrected chi connectivity index (χ3v) is 3.10. The van der Waals surface area contributed by atoms with Crippen molar-refractivity contribution in [1.82, 2.24) is 5.32 Å². The van der Waals surface area contributed by atoms with E-state index in [-0.39, 0.29) is 0 Å². The number of unbranched alkanes of at least 4 members (excludes halogenated alkanes) is 2. The van der Waals surface area contributed by atoms with Crippen LogP contribution in [-0.2, 0) is 0 Å². The topological polar surface area (TPSA) is 32.3 Å². The molecular formula is C11H23NO. The maximum atomic E-state index is 10.2. The minimum Gasteiger partial charge on any atom is -0.389 e. The van der Waals surface area contributed by atoms with Crippen molar-refractivity contribution in [3.05, 3.63) is 0 Å². The Labute approximate surface area is 81.7 Å². The monoisotopic (exact) mass is 185 g/mol. The Morgan fingerprint density at radius 1 is 1.46 bits per heavy atom. The molecule has 1 heterocycles. The highest BCUT2D eigenvalue weighted by molar-refractivity contribution is 4.90. The molecule has 0 aliphatic carbocycles. The zero-order valence-corrected chi connectivity index (χ0v) is 8.97. The van der Waals surface area contributed by atoms with Gasteiger partial charge in [0.1, 0.15) is 0 Å². The van der Waals surface area contributed by atoms with Crippen molar-refractivity contribution in [2.24, 2.45) is 0 Å². The van der Waals surface area contributed by atoms with Gasteiger partial charge in [-0.05, 0) is 32.7 Å². The van der Waals surface area contributed by atoms with Crippen molar-refractivity contribution >= 4 is 0 Å². The Hall–Kier alpha value is -0.0800. The van der Waals surface area contributed by atoms with Crippen molar-refractivity contribution in [3.63, 3.8) is 0 Å². The highest BCUT2D eigenvalue weighted by Crippen LogP contribution is 2.24. The summed E-state index contributed by atoms with van der Waals surface area (Å²) in [6.45, 7) is 5.25. The Bertz CT molecular complexity index is 139. The standard InChI is InChI=1S/C11H23NO/c1-3-4-5-8-11(2,13)10-7-6-9-12-10/h10,12-13H,3-9H2,1-2H3. The molecule has 2 N–H and O–H groups in total. The normalized spacial score (nSPS) is 27.5. The van der Waals surface area contributed by atoms with Crippen LogP contribution in [0.25, 0.3) is 0 Å². The molecule has 78 valence electrons. The molecule has 0 spiro atoms. The van der Waals surface area contributed by atoms with Crippen LogP contribution in [0.2, 0.25) is 0 Å². The van der Waals surface area contributed by atoms with Crippen LogP contribution >= 0.6 is 0 Å². The van der Waals surface area contributed by atoms with Crippen molar-refractivity contribution in [1.29, 1.82) is 0 Å². The molecule has 0 amide bonds. The second kappa shape index (κ2) is 4.97. The van der Waals surface area contributed by atoms with Crippen LogP contribution in [0, 0.1) is 0 Å². The zero-order valence-electron chi connectivity index (χ0n) is 8.97. The number of hydrogen-bond donors (Lipinski definition) is 2. The molecule has 2 atom stereocenters. The molecule has 1 aliphatic heterocycles. The highest BCUT2D eigenvalue weighted by Gasteiger charge is 2.32. The molecule has 0 aromatic rings. The lowest BCUT2D eigenvalue weighted by Gasteiger charge is -2.30.